The van der Waals surface area contributed by atoms with Crippen molar-refractivity contribution in [2.24, 2.45) is 0 Å². The Kier molecular flexibility index (Phi) is 2.94. The lowest BCUT2D eigenvalue weighted by molar-refractivity contribution is -0.120. The molecule has 1 fully saturated rings. The van der Waals surface area contributed by atoms with Crippen molar-refractivity contribution in [3.63, 3.8) is 0 Å². The van der Waals surface area contributed by atoms with Gasteiger partial charge in [0.1, 0.15) is 0 Å². The molecule has 1 saturated heterocycles. The highest BCUT2D eigenvalue weighted by molar-refractivity contribution is 5.78. The van der Waals surface area contributed by atoms with Gasteiger partial charge in [0, 0.05) is 12.6 Å². The lowest BCUT2D eigenvalue weighted by Crippen LogP contribution is -2.35. The molecule has 1 rings (SSSR count). The maximum absolute atomic E-state index is 10.9. The number of rotatable bonds is 2. The summed E-state index contributed by atoms with van der Waals surface area (Å²) in [6.07, 6.45) is 6.18. The average molecular weight is 152 g/mol. The molecule has 0 saturated carbocycles. The van der Waals surface area contributed by atoms with E-state index in [9.17, 15) is 4.79 Å². The van der Waals surface area contributed by atoms with Gasteiger partial charge in [0.2, 0.25) is 5.91 Å². The lowest BCUT2D eigenvalue weighted by Gasteiger charge is -2.08. The van der Waals surface area contributed by atoms with Gasteiger partial charge in [-0.05, 0) is 13.0 Å². The molecule has 0 aromatic heterocycles. The van der Waals surface area contributed by atoms with Crippen LogP contribution in [0.25, 0.3) is 0 Å². The number of hydrogen-bond donors (Lipinski definition) is 2. The molecule has 11 heavy (non-hydrogen) atoms. The maximum atomic E-state index is 10.9. The zero-order valence-corrected chi connectivity index (χ0v) is 6.39. The Bertz CT molecular complexity index is 177. The average Bonchev–Trinajstić information content (AvgIpc) is 2.40. The van der Waals surface area contributed by atoms with Crippen LogP contribution in [0.1, 0.15) is 12.8 Å². The fraction of sp³-hybridized carbons (Fsp3) is 0.625. The van der Waals surface area contributed by atoms with Crippen LogP contribution in [-0.2, 0) is 4.79 Å². The second-order valence-electron chi connectivity index (χ2n) is 2.64. The third-order valence-electron chi connectivity index (χ3n) is 1.69. The van der Waals surface area contributed by atoms with E-state index in [0.29, 0.717) is 0 Å². The van der Waals surface area contributed by atoms with Crippen molar-refractivity contribution in [1.29, 1.82) is 0 Å². The Balaban J connectivity index is 2.19. The van der Waals surface area contributed by atoms with Crippen molar-refractivity contribution in [2.75, 3.05) is 13.1 Å². The van der Waals surface area contributed by atoms with E-state index in [0.717, 1.165) is 19.5 Å². The Morgan fingerprint density at radius 3 is 3.18 bits per heavy atom. The van der Waals surface area contributed by atoms with Gasteiger partial charge in [0.05, 0.1) is 6.42 Å². The summed E-state index contributed by atoms with van der Waals surface area (Å²) in [7, 11) is 0. The Hall–Kier alpha value is -1.01. The molecule has 0 radical (unpaired) electrons. The standard InChI is InChI=1S/C8H12N2O/c1-2-3-8(11)10-7-4-5-9-6-7/h1,7,9H,3-6H2,(H,10,11)/t7-/m1/s1. The normalized spacial score (nSPS) is 22.6. The van der Waals surface area contributed by atoms with Crippen LogP contribution in [0.5, 0.6) is 0 Å². The minimum atomic E-state index is -0.0406. The van der Waals surface area contributed by atoms with Gasteiger partial charge in [-0.15, -0.1) is 6.42 Å². The number of amides is 1. The number of nitrogens with one attached hydrogen (secondary N) is 2. The highest BCUT2D eigenvalue weighted by Crippen LogP contribution is 1.96. The summed E-state index contributed by atoms with van der Waals surface area (Å²) in [6, 6.07) is 0.288. The van der Waals surface area contributed by atoms with Crippen molar-refractivity contribution in [2.45, 2.75) is 18.9 Å². The number of terminal acetylenes is 1. The van der Waals surface area contributed by atoms with Crippen molar-refractivity contribution in [1.82, 2.24) is 10.6 Å². The van der Waals surface area contributed by atoms with E-state index in [-0.39, 0.29) is 18.4 Å². The quantitative estimate of drug-likeness (QED) is 0.523. The monoisotopic (exact) mass is 152 g/mol. The largest absolute Gasteiger partial charge is 0.351 e. The van der Waals surface area contributed by atoms with E-state index in [4.69, 9.17) is 6.42 Å². The van der Waals surface area contributed by atoms with E-state index in [2.05, 4.69) is 16.6 Å². The molecular weight excluding hydrogens is 140 g/mol. The van der Waals surface area contributed by atoms with Gasteiger partial charge in [-0.25, -0.2) is 0 Å². The van der Waals surface area contributed by atoms with Gasteiger partial charge < -0.3 is 10.6 Å². The van der Waals surface area contributed by atoms with Crippen LogP contribution in [0.3, 0.4) is 0 Å². The summed E-state index contributed by atoms with van der Waals surface area (Å²) in [4.78, 5) is 10.9. The summed E-state index contributed by atoms with van der Waals surface area (Å²) in [6.45, 7) is 1.86. The SMILES string of the molecule is C#CCC(=O)N[C@@H]1CCNC1. The highest BCUT2D eigenvalue weighted by atomic mass is 16.1. The summed E-state index contributed by atoms with van der Waals surface area (Å²) in [5.74, 6) is 2.27. The molecule has 60 valence electrons. The van der Waals surface area contributed by atoms with Crippen LogP contribution in [0.4, 0.5) is 0 Å². The number of hydrogen-bond acceptors (Lipinski definition) is 2. The zero-order valence-electron chi connectivity index (χ0n) is 6.39. The minimum absolute atomic E-state index is 0.0406. The van der Waals surface area contributed by atoms with Gasteiger partial charge in [-0.1, -0.05) is 5.92 Å². The van der Waals surface area contributed by atoms with Gasteiger partial charge in [0.15, 0.2) is 0 Å². The first-order valence-electron chi connectivity index (χ1n) is 3.76. The molecule has 3 nitrogen and oxygen atoms in total. The second-order valence-corrected chi connectivity index (χ2v) is 2.64. The molecule has 0 aliphatic carbocycles. The van der Waals surface area contributed by atoms with Crippen LogP contribution >= 0.6 is 0 Å². The molecule has 0 aromatic carbocycles. The van der Waals surface area contributed by atoms with Crippen molar-refractivity contribution in [3.8, 4) is 12.3 Å². The minimum Gasteiger partial charge on any atom is -0.351 e. The molecule has 1 amide bonds. The maximum Gasteiger partial charge on any atom is 0.232 e. The molecule has 1 aliphatic heterocycles. The third kappa shape index (κ3) is 2.60. The predicted molar refractivity (Wildman–Crippen MR) is 42.9 cm³/mol. The summed E-state index contributed by atoms with van der Waals surface area (Å²) >= 11 is 0. The first kappa shape index (κ1) is 8.09. The zero-order chi connectivity index (χ0) is 8.10. The molecule has 0 bridgehead atoms. The third-order valence-corrected chi connectivity index (χ3v) is 1.69. The Morgan fingerprint density at radius 1 is 1.82 bits per heavy atom. The van der Waals surface area contributed by atoms with Crippen LogP contribution < -0.4 is 10.6 Å². The molecule has 0 spiro atoms. The van der Waals surface area contributed by atoms with Crippen molar-refractivity contribution >= 4 is 5.91 Å². The van der Waals surface area contributed by atoms with Crippen LogP contribution in [0.15, 0.2) is 0 Å². The van der Waals surface area contributed by atoms with Gasteiger partial charge in [-0.3, -0.25) is 4.79 Å². The summed E-state index contributed by atoms with van der Waals surface area (Å²) in [5, 5.41) is 5.99. The van der Waals surface area contributed by atoms with Crippen LogP contribution in [0, 0.1) is 12.3 Å². The van der Waals surface area contributed by atoms with Gasteiger partial charge >= 0.3 is 0 Å². The van der Waals surface area contributed by atoms with Gasteiger partial charge in [-0.2, -0.15) is 0 Å². The molecule has 0 aromatic rings. The molecule has 2 N–H and O–H groups in total. The molecular formula is C8H12N2O. The highest BCUT2D eigenvalue weighted by Gasteiger charge is 2.15. The van der Waals surface area contributed by atoms with E-state index in [1.165, 1.54) is 0 Å². The predicted octanol–water partition coefficient (Wildman–Crippen LogP) is -0.512. The van der Waals surface area contributed by atoms with Crippen molar-refractivity contribution < 1.29 is 4.79 Å². The van der Waals surface area contributed by atoms with E-state index in [1.54, 1.807) is 0 Å². The smallest absolute Gasteiger partial charge is 0.232 e. The van der Waals surface area contributed by atoms with Crippen molar-refractivity contribution in [3.05, 3.63) is 0 Å². The number of carbonyl (C=O) groups excluding carboxylic acids is 1. The Labute approximate surface area is 66.5 Å². The van der Waals surface area contributed by atoms with E-state index < -0.39 is 0 Å². The first-order chi connectivity index (χ1) is 5.33. The first-order valence-corrected chi connectivity index (χ1v) is 3.76. The van der Waals surface area contributed by atoms with Crippen LogP contribution in [-0.4, -0.2) is 25.0 Å². The van der Waals surface area contributed by atoms with E-state index >= 15 is 0 Å². The summed E-state index contributed by atoms with van der Waals surface area (Å²) < 4.78 is 0. The van der Waals surface area contributed by atoms with Crippen LogP contribution in [0.2, 0.25) is 0 Å². The van der Waals surface area contributed by atoms with E-state index in [1.807, 2.05) is 0 Å². The fourth-order valence-corrected chi connectivity index (χ4v) is 1.15. The number of carbonyl (C=O) groups is 1. The fourth-order valence-electron chi connectivity index (χ4n) is 1.15. The molecule has 1 heterocycles. The molecule has 0 unspecified atom stereocenters. The second kappa shape index (κ2) is 3.99. The molecule has 1 aliphatic rings. The molecule has 1 atom stereocenters. The molecule has 3 heteroatoms. The lowest BCUT2D eigenvalue weighted by atomic mass is 10.2. The Morgan fingerprint density at radius 2 is 2.64 bits per heavy atom. The van der Waals surface area contributed by atoms with Gasteiger partial charge in [0.25, 0.3) is 0 Å². The topological polar surface area (TPSA) is 41.1 Å². The summed E-state index contributed by atoms with van der Waals surface area (Å²) in [5.41, 5.74) is 0.